The number of benzene rings is 5. The van der Waals surface area contributed by atoms with Crippen molar-refractivity contribution < 1.29 is 7.16 Å². The van der Waals surface area contributed by atoms with Gasteiger partial charge in [0.15, 0.2) is 0 Å². The predicted octanol–water partition coefficient (Wildman–Crippen LogP) is 11.9. The van der Waals surface area contributed by atoms with Crippen molar-refractivity contribution >= 4 is 43.7 Å². The van der Waals surface area contributed by atoms with E-state index in [-0.39, 0.29) is 11.8 Å². The molecule has 7 aromatic rings. The van der Waals surface area contributed by atoms with Gasteiger partial charge in [0.25, 0.3) is 0 Å². The number of nitrogens with zero attached hydrogens (tertiary/aromatic N) is 2. The SMILES string of the molecule is [2H]C([2H])(c1cc(C(C)C)c(-n2c(-c3c(C)ccc4c3oc3c5ccccc5ccc43)nc3ccccc32)c(C(C)C)c1)C(C)(C)C. The van der Waals surface area contributed by atoms with Gasteiger partial charge >= 0.3 is 0 Å². The molecule has 0 bridgehead atoms. The van der Waals surface area contributed by atoms with E-state index in [1.54, 1.807) is 0 Å². The second kappa shape index (κ2) is 10.4. The Kier molecular flexibility index (Phi) is 6.14. The maximum atomic E-state index is 9.21. The highest BCUT2D eigenvalue weighted by molar-refractivity contribution is 6.17. The third-order valence-electron chi connectivity index (χ3n) is 8.68. The van der Waals surface area contributed by atoms with Gasteiger partial charge in [0, 0.05) is 18.9 Å². The fraction of sp³-hybridized carbons (Fsp3) is 0.293. The van der Waals surface area contributed by atoms with Crippen LogP contribution in [0, 0.1) is 12.3 Å². The third-order valence-corrected chi connectivity index (χ3v) is 8.68. The monoisotopic (exact) mass is 580 g/mol. The van der Waals surface area contributed by atoms with Crippen molar-refractivity contribution in [2.75, 3.05) is 0 Å². The van der Waals surface area contributed by atoms with Gasteiger partial charge in [0.1, 0.15) is 17.0 Å². The summed E-state index contributed by atoms with van der Waals surface area (Å²) in [5.41, 5.74) is 9.19. The second-order valence-corrected chi connectivity index (χ2v) is 13.8. The van der Waals surface area contributed by atoms with Crippen LogP contribution in [0.15, 0.2) is 89.3 Å². The van der Waals surface area contributed by atoms with Crippen molar-refractivity contribution in [3.05, 3.63) is 107 Å². The molecule has 44 heavy (non-hydrogen) atoms. The van der Waals surface area contributed by atoms with Crippen molar-refractivity contribution in [1.29, 1.82) is 0 Å². The van der Waals surface area contributed by atoms with Crippen molar-refractivity contribution in [2.45, 2.75) is 73.6 Å². The molecule has 7 rings (SSSR count). The van der Waals surface area contributed by atoms with Gasteiger partial charge in [-0.1, -0.05) is 115 Å². The quantitative estimate of drug-likeness (QED) is 0.203. The van der Waals surface area contributed by atoms with Gasteiger partial charge in [-0.05, 0) is 76.4 Å². The Labute approximate surface area is 263 Å². The molecule has 0 atom stereocenters. The van der Waals surface area contributed by atoms with Crippen LogP contribution >= 0.6 is 0 Å². The number of rotatable bonds is 5. The molecule has 0 saturated heterocycles. The van der Waals surface area contributed by atoms with Crippen LogP contribution in [0.2, 0.25) is 0 Å². The lowest BCUT2D eigenvalue weighted by molar-refractivity contribution is 0.411. The molecule has 5 aromatic carbocycles. The Morgan fingerprint density at radius 3 is 2.11 bits per heavy atom. The van der Waals surface area contributed by atoms with Gasteiger partial charge < -0.3 is 4.42 Å². The molecule has 0 fully saturated rings. The van der Waals surface area contributed by atoms with Crippen LogP contribution < -0.4 is 0 Å². The van der Waals surface area contributed by atoms with E-state index in [1.807, 2.05) is 26.8 Å². The minimum atomic E-state index is -1.52. The van der Waals surface area contributed by atoms with E-state index < -0.39 is 11.8 Å². The second-order valence-electron chi connectivity index (χ2n) is 13.8. The zero-order valence-corrected chi connectivity index (χ0v) is 27.0. The fourth-order valence-corrected chi connectivity index (χ4v) is 6.69. The van der Waals surface area contributed by atoms with E-state index in [2.05, 4.69) is 118 Å². The molecule has 0 aliphatic heterocycles. The summed E-state index contributed by atoms with van der Waals surface area (Å²) in [7, 11) is 0. The van der Waals surface area contributed by atoms with Crippen LogP contribution in [0.3, 0.4) is 0 Å². The zero-order chi connectivity index (χ0) is 32.7. The van der Waals surface area contributed by atoms with Gasteiger partial charge in [-0.3, -0.25) is 4.57 Å². The summed E-state index contributed by atoms with van der Waals surface area (Å²) in [6.45, 7) is 16.9. The molecule has 2 aromatic heterocycles. The Balaban J connectivity index is 1.62. The average molecular weight is 581 g/mol. The minimum Gasteiger partial charge on any atom is -0.455 e. The van der Waals surface area contributed by atoms with E-state index >= 15 is 0 Å². The van der Waals surface area contributed by atoms with Gasteiger partial charge in [-0.15, -0.1) is 0 Å². The van der Waals surface area contributed by atoms with Gasteiger partial charge in [-0.2, -0.15) is 0 Å². The highest BCUT2D eigenvalue weighted by Gasteiger charge is 2.27. The molecular formula is C41H42N2O. The number of imidazole rings is 1. The van der Waals surface area contributed by atoms with Crippen molar-refractivity contribution in [3.63, 3.8) is 0 Å². The van der Waals surface area contributed by atoms with Gasteiger partial charge in [0.2, 0.25) is 0 Å². The van der Waals surface area contributed by atoms with Crippen LogP contribution in [0.4, 0.5) is 0 Å². The molecule has 0 N–H and O–H groups in total. The smallest absolute Gasteiger partial charge is 0.149 e. The third kappa shape index (κ3) is 4.61. The molecule has 0 unspecified atom stereocenters. The maximum absolute atomic E-state index is 9.21. The van der Waals surface area contributed by atoms with Crippen LogP contribution in [0.25, 0.3) is 60.8 Å². The highest BCUT2D eigenvalue weighted by atomic mass is 16.3. The normalized spacial score (nSPS) is 13.6. The lowest BCUT2D eigenvalue weighted by atomic mass is 9.83. The van der Waals surface area contributed by atoms with Crippen LogP contribution in [0.5, 0.6) is 0 Å². The molecule has 2 heterocycles. The molecule has 222 valence electrons. The van der Waals surface area contributed by atoms with E-state index in [1.165, 1.54) is 0 Å². The maximum Gasteiger partial charge on any atom is 0.149 e. The fourth-order valence-electron chi connectivity index (χ4n) is 6.69. The van der Waals surface area contributed by atoms with Crippen molar-refractivity contribution in [2.24, 2.45) is 5.41 Å². The molecule has 0 aliphatic carbocycles. The van der Waals surface area contributed by atoms with Crippen molar-refractivity contribution in [1.82, 2.24) is 9.55 Å². The zero-order valence-electron chi connectivity index (χ0n) is 29.0. The summed E-state index contributed by atoms with van der Waals surface area (Å²) in [6, 6.07) is 29.6. The summed E-state index contributed by atoms with van der Waals surface area (Å²) >= 11 is 0. The number of aryl methyl sites for hydroxylation is 1. The van der Waals surface area contributed by atoms with Crippen molar-refractivity contribution in [3.8, 4) is 17.1 Å². The molecule has 0 saturated carbocycles. The first kappa shape index (κ1) is 26.1. The lowest BCUT2D eigenvalue weighted by Gasteiger charge is -2.26. The number of hydrogen-bond acceptors (Lipinski definition) is 2. The number of aromatic nitrogens is 2. The summed E-state index contributed by atoms with van der Waals surface area (Å²) in [6.07, 6.45) is -1.52. The topological polar surface area (TPSA) is 31.0 Å². The van der Waals surface area contributed by atoms with E-state index in [0.717, 1.165) is 83.1 Å². The first-order chi connectivity index (χ1) is 21.8. The predicted molar refractivity (Wildman–Crippen MR) is 187 cm³/mol. The molecule has 0 amide bonds. The van der Waals surface area contributed by atoms with E-state index in [9.17, 15) is 2.74 Å². The largest absolute Gasteiger partial charge is 0.455 e. The summed E-state index contributed by atoms with van der Waals surface area (Å²) < 4.78 is 27.6. The van der Waals surface area contributed by atoms with E-state index in [4.69, 9.17) is 9.40 Å². The van der Waals surface area contributed by atoms with Crippen LogP contribution in [-0.2, 0) is 6.37 Å². The number of fused-ring (bicyclic) bond motifs is 6. The minimum absolute atomic E-state index is 0.145. The highest BCUT2D eigenvalue weighted by Crippen LogP contribution is 2.44. The lowest BCUT2D eigenvalue weighted by Crippen LogP contribution is -2.14. The van der Waals surface area contributed by atoms with Gasteiger partial charge in [0.05, 0.1) is 22.3 Å². The molecule has 0 radical (unpaired) electrons. The standard InChI is InChI=1S/C41H42N2O/c1-24(2)32-21-27(23-41(6,7)8)22-33(25(3)4)37(32)43-35-16-12-11-15-34(35)42-40(43)36-26(5)17-19-31-30-20-18-28-13-9-10-14-29(28)38(30)44-39(31)36/h9-22,24-25H,23H2,1-8H3/i23D2. The first-order valence-electron chi connectivity index (χ1n) is 16.8. The molecular weight excluding hydrogens is 536 g/mol. The summed E-state index contributed by atoms with van der Waals surface area (Å²) in [5.74, 6) is 1.13. The first-order valence-corrected chi connectivity index (χ1v) is 15.8. The molecule has 0 spiro atoms. The Bertz CT molecular complexity index is 2270. The van der Waals surface area contributed by atoms with Crippen LogP contribution in [-0.4, -0.2) is 9.55 Å². The van der Waals surface area contributed by atoms with Crippen LogP contribution in [0.1, 0.15) is 85.3 Å². The molecule has 3 nitrogen and oxygen atoms in total. The Morgan fingerprint density at radius 1 is 0.773 bits per heavy atom. The Hall–Kier alpha value is -4.37. The van der Waals surface area contributed by atoms with Gasteiger partial charge in [-0.25, -0.2) is 4.98 Å². The number of furan rings is 1. The average Bonchev–Trinajstić information content (AvgIpc) is 3.58. The Morgan fingerprint density at radius 2 is 1.41 bits per heavy atom. The molecule has 0 aliphatic rings. The van der Waals surface area contributed by atoms with E-state index in [0.29, 0.717) is 0 Å². The summed E-state index contributed by atoms with van der Waals surface area (Å²) in [4.78, 5) is 5.34. The summed E-state index contributed by atoms with van der Waals surface area (Å²) in [5, 5.41) is 4.41. The number of para-hydroxylation sites is 2. The molecule has 3 heteroatoms. The number of hydrogen-bond donors (Lipinski definition) is 0.